The Labute approximate surface area is 268 Å². The lowest BCUT2D eigenvalue weighted by atomic mass is 9.97. The zero-order valence-electron chi connectivity index (χ0n) is 25.1. The van der Waals surface area contributed by atoms with Crippen molar-refractivity contribution in [1.82, 2.24) is 10.2 Å². The molecule has 0 spiro atoms. The van der Waals surface area contributed by atoms with Gasteiger partial charge in [-0.05, 0) is 59.2 Å². The molecule has 0 radical (unpaired) electrons. The molecule has 4 aromatic rings. The van der Waals surface area contributed by atoms with Crippen molar-refractivity contribution in [3.8, 4) is 11.1 Å². The molecule has 0 aliphatic carbocycles. The fraction of sp³-hybridized carbons (Fsp3) is 0.257. The highest BCUT2D eigenvalue weighted by atomic mass is 19.4. The summed E-state index contributed by atoms with van der Waals surface area (Å²) in [7, 11) is 0. The molecule has 2 N–H and O–H groups in total. The fourth-order valence-electron chi connectivity index (χ4n) is 5.51. The van der Waals surface area contributed by atoms with Gasteiger partial charge in [-0.2, -0.15) is 26.3 Å². The topological polar surface area (TPSA) is 64.7 Å². The second-order valence-electron chi connectivity index (χ2n) is 11.2. The molecule has 0 bridgehead atoms. The molecular weight excluding hydrogens is 622 g/mol. The predicted molar refractivity (Wildman–Crippen MR) is 168 cm³/mol. The van der Waals surface area contributed by atoms with Gasteiger partial charge in [0.25, 0.3) is 5.91 Å². The predicted octanol–water partition coefficient (Wildman–Crippen LogP) is 7.21. The van der Waals surface area contributed by atoms with E-state index in [2.05, 4.69) is 15.1 Å². The average molecular weight is 655 g/mol. The van der Waals surface area contributed by atoms with E-state index in [1.54, 1.807) is 66.7 Å². The summed E-state index contributed by atoms with van der Waals surface area (Å²) >= 11 is 0. The molecule has 1 aliphatic heterocycles. The Balaban J connectivity index is 1.18. The molecule has 12 heteroatoms. The molecule has 0 aromatic heterocycles. The van der Waals surface area contributed by atoms with E-state index < -0.39 is 42.2 Å². The SMILES string of the molecule is O=C(Nc1ccc(N2CCN(CC(C(=O)NCC(F)(F)F)c3ccccc3)CC2)cc1)c1ccccc1-c1ccc(C(F)(F)F)cc1. The van der Waals surface area contributed by atoms with Gasteiger partial charge in [-0.3, -0.25) is 14.5 Å². The number of hydrogen-bond donors (Lipinski definition) is 2. The molecule has 4 aromatic carbocycles. The summed E-state index contributed by atoms with van der Waals surface area (Å²) in [4.78, 5) is 30.2. The van der Waals surface area contributed by atoms with Crippen LogP contribution in [0.1, 0.15) is 27.4 Å². The third kappa shape index (κ3) is 8.91. The van der Waals surface area contributed by atoms with Crippen LogP contribution in [0.4, 0.5) is 37.7 Å². The van der Waals surface area contributed by atoms with Crippen LogP contribution >= 0.6 is 0 Å². The van der Waals surface area contributed by atoms with Gasteiger partial charge in [-0.1, -0.05) is 60.7 Å². The Hall–Kier alpha value is -4.84. The number of rotatable bonds is 9. The number of benzene rings is 4. The number of carbonyl (C=O) groups excluding carboxylic acids is 2. The number of hydrogen-bond acceptors (Lipinski definition) is 4. The molecule has 6 nitrogen and oxygen atoms in total. The number of amides is 2. The third-order valence-corrected chi connectivity index (χ3v) is 7.98. The van der Waals surface area contributed by atoms with Crippen molar-refractivity contribution in [1.29, 1.82) is 0 Å². The molecule has 1 aliphatic rings. The minimum absolute atomic E-state index is 0.278. The van der Waals surface area contributed by atoms with E-state index in [4.69, 9.17) is 0 Å². The highest BCUT2D eigenvalue weighted by Gasteiger charge is 2.32. The first kappa shape index (κ1) is 33.5. The van der Waals surface area contributed by atoms with Gasteiger partial charge in [-0.15, -0.1) is 0 Å². The smallest absolute Gasteiger partial charge is 0.369 e. The van der Waals surface area contributed by atoms with Crippen LogP contribution in [-0.4, -0.2) is 62.2 Å². The Bertz CT molecular complexity index is 1650. The average Bonchev–Trinajstić information content (AvgIpc) is 3.06. The first-order chi connectivity index (χ1) is 22.4. The van der Waals surface area contributed by atoms with E-state index in [9.17, 15) is 35.9 Å². The molecule has 5 rings (SSSR count). The summed E-state index contributed by atoms with van der Waals surface area (Å²) in [6.45, 7) is 1.32. The molecular formula is C35H32F6N4O2. The summed E-state index contributed by atoms with van der Waals surface area (Å²) in [5.74, 6) is -1.83. The van der Waals surface area contributed by atoms with Crippen molar-refractivity contribution in [2.45, 2.75) is 18.3 Å². The first-order valence-corrected chi connectivity index (χ1v) is 14.9. The lowest BCUT2D eigenvalue weighted by Gasteiger charge is -2.37. The van der Waals surface area contributed by atoms with Crippen LogP contribution in [0.15, 0.2) is 103 Å². The Morgan fingerprint density at radius 2 is 1.34 bits per heavy atom. The molecule has 2 amide bonds. The molecule has 1 saturated heterocycles. The molecule has 246 valence electrons. The minimum atomic E-state index is -4.50. The van der Waals surface area contributed by atoms with Crippen LogP contribution in [0.5, 0.6) is 0 Å². The van der Waals surface area contributed by atoms with Crippen LogP contribution in [0, 0.1) is 0 Å². The van der Waals surface area contributed by atoms with Crippen molar-refractivity contribution in [2.75, 3.05) is 49.5 Å². The molecule has 1 fully saturated rings. The Morgan fingerprint density at radius 3 is 1.96 bits per heavy atom. The zero-order valence-corrected chi connectivity index (χ0v) is 25.1. The van der Waals surface area contributed by atoms with Gasteiger partial charge in [0.05, 0.1) is 11.5 Å². The number of anilines is 2. The van der Waals surface area contributed by atoms with E-state index in [-0.39, 0.29) is 6.54 Å². The van der Waals surface area contributed by atoms with Gasteiger partial charge in [0, 0.05) is 49.7 Å². The van der Waals surface area contributed by atoms with Crippen LogP contribution in [0.25, 0.3) is 11.1 Å². The Morgan fingerprint density at radius 1 is 0.723 bits per heavy atom. The largest absolute Gasteiger partial charge is 0.416 e. The van der Waals surface area contributed by atoms with Crippen LogP contribution in [0.3, 0.4) is 0 Å². The van der Waals surface area contributed by atoms with E-state index in [0.717, 1.165) is 17.8 Å². The summed E-state index contributed by atoms with van der Waals surface area (Å²) in [6.07, 6.45) is -8.96. The number of carbonyl (C=O) groups is 2. The van der Waals surface area contributed by atoms with Crippen molar-refractivity contribution >= 4 is 23.2 Å². The van der Waals surface area contributed by atoms with Crippen molar-refractivity contribution < 1.29 is 35.9 Å². The van der Waals surface area contributed by atoms with E-state index in [0.29, 0.717) is 54.1 Å². The van der Waals surface area contributed by atoms with Crippen molar-refractivity contribution in [3.05, 3.63) is 120 Å². The van der Waals surface area contributed by atoms with Crippen LogP contribution < -0.4 is 15.5 Å². The molecule has 47 heavy (non-hydrogen) atoms. The molecule has 0 saturated carbocycles. The maximum absolute atomic E-state index is 13.2. The fourth-order valence-corrected chi connectivity index (χ4v) is 5.51. The summed E-state index contributed by atoms with van der Waals surface area (Å²) in [6, 6.07) is 27.3. The van der Waals surface area contributed by atoms with Gasteiger partial charge < -0.3 is 15.5 Å². The van der Waals surface area contributed by atoms with E-state index in [1.165, 1.54) is 12.1 Å². The second kappa shape index (κ2) is 14.3. The van der Waals surface area contributed by atoms with Crippen LogP contribution in [-0.2, 0) is 11.0 Å². The van der Waals surface area contributed by atoms with Gasteiger partial charge in [0.2, 0.25) is 5.91 Å². The van der Waals surface area contributed by atoms with Crippen molar-refractivity contribution in [3.63, 3.8) is 0 Å². The Kier molecular flexibility index (Phi) is 10.2. The normalized spacial score (nSPS) is 14.8. The van der Waals surface area contributed by atoms with Gasteiger partial charge in [0.15, 0.2) is 0 Å². The van der Waals surface area contributed by atoms with Gasteiger partial charge in [0.1, 0.15) is 6.54 Å². The van der Waals surface area contributed by atoms with Gasteiger partial charge >= 0.3 is 12.4 Å². The third-order valence-electron chi connectivity index (χ3n) is 7.98. The highest BCUT2D eigenvalue weighted by molar-refractivity contribution is 6.08. The number of nitrogens with one attached hydrogen (secondary N) is 2. The zero-order chi connectivity index (χ0) is 33.6. The van der Waals surface area contributed by atoms with Crippen LogP contribution in [0.2, 0.25) is 0 Å². The number of piperazine rings is 1. The minimum Gasteiger partial charge on any atom is -0.369 e. The summed E-state index contributed by atoms with van der Waals surface area (Å²) in [5.41, 5.74) is 2.62. The maximum Gasteiger partial charge on any atom is 0.416 e. The molecule has 1 unspecified atom stereocenters. The number of nitrogens with zero attached hydrogens (tertiary/aromatic N) is 2. The number of alkyl halides is 6. The summed E-state index contributed by atoms with van der Waals surface area (Å²) in [5, 5.41) is 4.88. The lowest BCUT2D eigenvalue weighted by molar-refractivity contribution is -0.139. The van der Waals surface area contributed by atoms with Crippen molar-refractivity contribution in [2.24, 2.45) is 0 Å². The standard InChI is InChI=1S/C35H32F6N4O2/c36-34(37,38)23-42-32(46)31(24-6-2-1-3-7-24)22-44-18-20-45(21-19-44)28-16-14-27(15-17-28)43-33(47)30-9-5-4-8-29(30)25-10-12-26(13-11-25)35(39,40)41/h1-17,31H,18-23H2,(H,42,46)(H,43,47). The lowest BCUT2D eigenvalue weighted by Crippen LogP contribution is -2.49. The first-order valence-electron chi connectivity index (χ1n) is 14.9. The number of halogens is 6. The highest BCUT2D eigenvalue weighted by Crippen LogP contribution is 2.32. The van der Waals surface area contributed by atoms with E-state index >= 15 is 0 Å². The maximum atomic E-state index is 13.2. The quantitative estimate of drug-likeness (QED) is 0.187. The van der Waals surface area contributed by atoms with E-state index in [1.807, 2.05) is 17.4 Å². The second-order valence-corrected chi connectivity index (χ2v) is 11.2. The summed E-state index contributed by atoms with van der Waals surface area (Å²) < 4.78 is 77.3. The molecule has 1 heterocycles. The monoisotopic (exact) mass is 654 g/mol. The van der Waals surface area contributed by atoms with Gasteiger partial charge in [-0.25, -0.2) is 0 Å². The molecule has 1 atom stereocenters.